The summed E-state index contributed by atoms with van der Waals surface area (Å²) < 4.78 is 29.6. The molecule has 0 spiro atoms. The zero-order valence-corrected chi connectivity index (χ0v) is 14.0. The van der Waals surface area contributed by atoms with Crippen molar-refractivity contribution in [2.24, 2.45) is 22.9 Å². The summed E-state index contributed by atoms with van der Waals surface area (Å²) in [6.07, 6.45) is 1.31. The monoisotopic (exact) mass is 336 g/mol. The van der Waals surface area contributed by atoms with E-state index >= 15 is 0 Å². The van der Waals surface area contributed by atoms with Gasteiger partial charge in [0.2, 0.25) is 0 Å². The third kappa shape index (κ3) is 3.10. The van der Waals surface area contributed by atoms with Crippen LogP contribution in [0, 0.1) is 24.7 Å². The predicted octanol–water partition coefficient (Wildman–Crippen LogP) is 1.85. The highest BCUT2D eigenvalue weighted by atomic mass is 32.2. The van der Waals surface area contributed by atoms with Crippen molar-refractivity contribution in [2.45, 2.75) is 31.6 Å². The van der Waals surface area contributed by atoms with E-state index in [1.807, 2.05) is 0 Å². The number of rotatable bonds is 5. The highest BCUT2D eigenvalue weighted by Gasteiger charge is 2.59. The van der Waals surface area contributed by atoms with E-state index < -0.39 is 10.0 Å². The summed E-state index contributed by atoms with van der Waals surface area (Å²) >= 11 is 0. The van der Waals surface area contributed by atoms with Crippen LogP contribution in [0.1, 0.15) is 25.3 Å². The Balaban J connectivity index is 1.61. The standard InChI is InChI=1S/C16H20N2O4S/c1-3-22-16(19)15-12-8-11(9-13(12)15)17-18-23(20,21)14-7-5-4-6-10(14)2/h4-7,12-13,15,18H,3,8-9H2,1-2H3. The third-order valence-electron chi connectivity index (χ3n) is 4.54. The number of fused-ring (bicyclic) bond motifs is 1. The molecule has 0 aromatic heterocycles. The topological polar surface area (TPSA) is 84.8 Å². The number of hydrogen-bond donors (Lipinski definition) is 1. The molecule has 0 heterocycles. The van der Waals surface area contributed by atoms with Crippen LogP contribution >= 0.6 is 0 Å². The molecule has 1 aromatic carbocycles. The van der Waals surface area contributed by atoms with Crippen molar-refractivity contribution in [2.75, 3.05) is 6.61 Å². The van der Waals surface area contributed by atoms with Crippen LogP contribution in [0.15, 0.2) is 34.3 Å². The summed E-state index contributed by atoms with van der Waals surface area (Å²) in [5.74, 6) is 0.357. The Kier molecular flexibility index (Phi) is 4.14. The van der Waals surface area contributed by atoms with Crippen LogP contribution in [0.25, 0.3) is 0 Å². The Morgan fingerprint density at radius 1 is 1.30 bits per heavy atom. The van der Waals surface area contributed by atoms with Crippen molar-refractivity contribution in [3.63, 3.8) is 0 Å². The average Bonchev–Trinajstić information content (AvgIpc) is 3.01. The summed E-state index contributed by atoms with van der Waals surface area (Å²) in [4.78, 5) is 14.2. The summed E-state index contributed by atoms with van der Waals surface area (Å²) in [6, 6.07) is 6.78. The van der Waals surface area contributed by atoms with Gasteiger partial charge >= 0.3 is 5.97 Å². The van der Waals surface area contributed by atoms with Crippen LogP contribution in [0.5, 0.6) is 0 Å². The molecular formula is C16H20N2O4S. The number of esters is 1. The van der Waals surface area contributed by atoms with E-state index in [-0.39, 0.29) is 28.6 Å². The second-order valence-corrected chi connectivity index (χ2v) is 7.68. The predicted molar refractivity (Wildman–Crippen MR) is 85.3 cm³/mol. The first-order chi connectivity index (χ1) is 10.9. The number of hydrogen-bond acceptors (Lipinski definition) is 5. The van der Waals surface area contributed by atoms with Crippen molar-refractivity contribution in [3.8, 4) is 0 Å². The van der Waals surface area contributed by atoms with Crippen LogP contribution < -0.4 is 4.83 Å². The molecule has 0 amide bonds. The van der Waals surface area contributed by atoms with Crippen LogP contribution in [0.4, 0.5) is 0 Å². The zero-order valence-electron chi connectivity index (χ0n) is 13.2. The van der Waals surface area contributed by atoms with Crippen molar-refractivity contribution < 1.29 is 17.9 Å². The molecule has 0 saturated heterocycles. The fourth-order valence-corrected chi connectivity index (χ4v) is 4.44. The fraction of sp³-hybridized carbons (Fsp3) is 0.500. The van der Waals surface area contributed by atoms with Crippen molar-refractivity contribution >= 4 is 21.7 Å². The van der Waals surface area contributed by atoms with Gasteiger partial charge in [-0.25, -0.2) is 4.83 Å². The number of carbonyl (C=O) groups excluding carboxylic acids is 1. The van der Waals surface area contributed by atoms with Crippen LogP contribution in [-0.2, 0) is 19.6 Å². The summed E-state index contributed by atoms with van der Waals surface area (Å²) in [5, 5.41) is 4.06. The first kappa shape index (κ1) is 16.0. The number of nitrogens with one attached hydrogen (secondary N) is 1. The molecule has 0 aliphatic heterocycles. The maximum Gasteiger partial charge on any atom is 0.309 e. The van der Waals surface area contributed by atoms with Gasteiger partial charge in [-0.05, 0) is 50.2 Å². The Hall–Kier alpha value is -1.89. The second-order valence-electron chi connectivity index (χ2n) is 6.05. The number of hydrazone groups is 1. The molecule has 7 heteroatoms. The molecule has 2 fully saturated rings. The lowest BCUT2D eigenvalue weighted by molar-refractivity contribution is -0.145. The minimum Gasteiger partial charge on any atom is -0.466 e. The quantitative estimate of drug-likeness (QED) is 0.657. The van der Waals surface area contributed by atoms with Crippen molar-refractivity contribution in [1.29, 1.82) is 0 Å². The van der Waals surface area contributed by atoms with E-state index in [2.05, 4.69) is 9.93 Å². The van der Waals surface area contributed by atoms with E-state index in [0.29, 0.717) is 25.0 Å². The Bertz CT molecular complexity index is 743. The molecule has 3 rings (SSSR count). The van der Waals surface area contributed by atoms with Crippen LogP contribution in [-0.4, -0.2) is 26.7 Å². The normalized spacial score (nSPS) is 25.7. The van der Waals surface area contributed by atoms with Gasteiger partial charge in [-0.1, -0.05) is 18.2 Å². The lowest BCUT2D eigenvalue weighted by Crippen LogP contribution is -2.21. The van der Waals surface area contributed by atoms with Gasteiger partial charge in [0.25, 0.3) is 10.0 Å². The summed E-state index contributed by atoms with van der Waals surface area (Å²) in [6.45, 7) is 3.94. The van der Waals surface area contributed by atoms with Gasteiger partial charge in [0.05, 0.1) is 17.4 Å². The third-order valence-corrected chi connectivity index (χ3v) is 5.91. The summed E-state index contributed by atoms with van der Waals surface area (Å²) in [5.41, 5.74) is 1.48. The molecule has 2 aliphatic carbocycles. The van der Waals surface area contributed by atoms with Gasteiger partial charge in [0.15, 0.2) is 0 Å². The second kappa shape index (κ2) is 5.96. The highest BCUT2D eigenvalue weighted by Crippen LogP contribution is 2.56. The molecule has 2 aliphatic rings. The largest absolute Gasteiger partial charge is 0.466 e. The molecule has 0 radical (unpaired) electrons. The minimum absolute atomic E-state index is 0.0260. The zero-order chi connectivity index (χ0) is 16.6. The Labute approximate surface area is 136 Å². The van der Waals surface area contributed by atoms with E-state index in [4.69, 9.17) is 4.74 Å². The number of aryl methyl sites for hydroxylation is 1. The number of nitrogens with zero attached hydrogens (tertiary/aromatic N) is 1. The van der Waals surface area contributed by atoms with Crippen molar-refractivity contribution in [3.05, 3.63) is 29.8 Å². The molecule has 1 aromatic rings. The number of benzene rings is 1. The Morgan fingerprint density at radius 3 is 2.57 bits per heavy atom. The maximum absolute atomic E-state index is 12.3. The van der Waals surface area contributed by atoms with Crippen LogP contribution in [0.2, 0.25) is 0 Å². The highest BCUT2D eigenvalue weighted by molar-refractivity contribution is 7.89. The van der Waals surface area contributed by atoms with Gasteiger partial charge in [-0.2, -0.15) is 13.5 Å². The van der Waals surface area contributed by atoms with E-state index in [1.165, 1.54) is 0 Å². The summed E-state index contributed by atoms with van der Waals surface area (Å²) in [7, 11) is -3.65. The SMILES string of the molecule is CCOC(=O)C1C2CC(=NNS(=O)(=O)c3ccccc3C)CC21. The smallest absolute Gasteiger partial charge is 0.309 e. The molecule has 6 nitrogen and oxygen atoms in total. The van der Waals surface area contributed by atoms with Crippen molar-refractivity contribution in [1.82, 2.24) is 4.83 Å². The van der Waals surface area contributed by atoms with E-state index in [1.54, 1.807) is 38.1 Å². The molecule has 2 unspecified atom stereocenters. The van der Waals surface area contributed by atoms with E-state index in [9.17, 15) is 13.2 Å². The molecule has 2 atom stereocenters. The van der Waals surface area contributed by atoms with Crippen LogP contribution in [0.3, 0.4) is 0 Å². The number of sulfonamides is 1. The maximum atomic E-state index is 12.3. The van der Waals surface area contributed by atoms with E-state index in [0.717, 1.165) is 5.71 Å². The Morgan fingerprint density at radius 2 is 1.96 bits per heavy atom. The van der Waals surface area contributed by atoms with Gasteiger partial charge in [-0.15, -0.1) is 0 Å². The average molecular weight is 336 g/mol. The lowest BCUT2D eigenvalue weighted by atomic mass is 10.1. The molecule has 124 valence electrons. The first-order valence-corrected chi connectivity index (χ1v) is 9.22. The van der Waals surface area contributed by atoms with Gasteiger partial charge < -0.3 is 4.74 Å². The van der Waals surface area contributed by atoms with Gasteiger partial charge in [0.1, 0.15) is 0 Å². The molecule has 1 N–H and O–H groups in total. The number of carbonyl (C=O) groups is 1. The minimum atomic E-state index is -3.65. The molecule has 23 heavy (non-hydrogen) atoms. The van der Waals surface area contributed by atoms with Gasteiger partial charge in [-0.3, -0.25) is 4.79 Å². The lowest BCUT2D eigenvalue weighted by Gasteiger charge is -2.08. The number of ether oxygens (including phenoxy) is 1. The van der Waals surface area contributed by atoms with Gasteiger partial charge in [0, 0.05) is 5.71 Å². The molecule has 0 bridgehead atoms. The molecular weight excluding hydrogens is 316 g/mol. The fourth-order valence-electron chi connectivity index (χ4n) is 3.34. The molecule has 2 saturated carbocycles. The first-order valence-electron chi connectivity index (χ1n) is 7.73.